The van der Waals surface area contributed by atoms with Crippen LogP contribution in [-0.2, 0) is 9.47 Å². The molecule has 0 radical (unpaired) electrons. The van der Waals surface area contributed by atoms with Gasteiger partial charge in [-0.05, 0) is 45.0 Å². The Hall–Kier alpha value is -2.83. The number of benzene rings is 1. The number of rotatable bonds is 5. The van der Waals surface area contributed by atoms with Crippen LogP contribution in [-0.4, -0.2) is 49.9 Å². The number of hydrogen-bond acceptors (Lipinski definition) is 6. The second-order valence-corrected chi connectivity index (χ2v) is 6.90. The van der Waals surface area contributed by atoms with Crippen LogP contribution >= 0.6 is 0 Å². The highest BCUT2D eigenvalue weighted by Crippen LogP contribution is 2.23. The molecule has 0 aliphatic heterocycles. The fourth-order valence-electron chi connectivity index (χ4n) is 2.43. The average molecular weight is 359 g/mol. The number of amides is 1. The van der Waals surface area contributed by atoms with Crippen molar-refractivity contribution in [3.63, 3.8) is 0 Å². The normalized spacial score (nSPS) is 11.1. The number of carbonyl (C=O) groups excluding carboxylic acids is 2. The summed E-state index contributed by atoms with van der Waals surface area (Å²) in [5, 5.41) is 3.45. The largest absolute Gasteiger partial charge is 0.465 e. The van der Waals surface area contributed by atoms with Gasteiger partial charge in [0.15, 0.2) is 0 Å². The van der Waals surface area contributed by atoms with E-state index < -0.39 is 17.7 Å². The van der Waals surface area contributed by atoms with Crippen molar-refractivity contribution >= 4 is 28.7 Å². The molecule has 1 N–H and O–H groups in total. The molecule has 0 saturated heterocycles. The summed E-state index contributed by atoms with van der Waals surface area (Å²) in [4.78, 5) is 29.9. The zero-order chi connectivity index (χ0) is 19.3. The van der Waals surface area contributed by atoms with Crippen molar-refractivity contribution in [3.8, 4) is 0 Å². The second kappa shape index (κ2) is 8.03. The van der Waals surface area contributed by atoms with Crippen LogP contribution in [0.3, 0.4) is 0 Å². The molecule has 7 heteroatoms. The number of nitrogens with zero attached hydrogens (tertiary/aromatic N) is 2. The molecule has 0 unspecified atom stereocenters. The van der Waals surface area contributed by atoms with Gasteiger partial charge in [0.2, 0.25) is 0 Å². The van der Waals surface area contributed by atoms with E-state index >= 15 is 0 Å². The molecule has 0 aliphatic carbocycles. The summed E-state index contributed by atoms with van der Waals surface area (Å²) < 4.78 is 10.0. The molecule has 0 aliphatic rings. The smallest absolute Gasteiger partial charge is 0.407 e. The zero-order valence-corrected chi connectivity index (χ0v) is 15.8. The number of pyridine rings is 1. The predicted octanol–water partition coefficient (Wildman–Crippen LogP) is 2.98. The van der Waals surface area contributed by atoms with Gasteiger partial charge in [-0.15, -0.1) is 0 Å². The molecule has 0 atom stereocenters. The average Bonchev–Trinajstić information content (AvgIpc) is 2.58. The molecule has 1 aromatic heterocycles. The minimum atomic E-state index is -0.522. The number of anilines is 1. The van der Waals surface area contributed by atoms with Gasteiger partial charge in [0, 0.05) is 37.4 Å². The molecule has 140 valence electrons. The summed E-state index contributed by atoms with van der Waals surface area (Å²) >= 11 is 0. The van der Waals surface area contributed by atoms with Crippen LogP contribution in [0, 0.1) is 0 Å². The quantitative estimate of drug-likeness (QED) is 0.827. The molecule has 1 amide bonds. The minimum absolute atomic E-state index is 0.399. The van der Waals surface area contributed by atoms with Crippen molar-refractivity contribution in [2.45, 2.75) is 26.4 Å². The van der Waals surface area contributed by atoms with Crippen molar-refractivity contribution in [3.05, 3.63) is 36.0 Å². The van der Waals surface area contributed by atoms with Crippen LogP contribution in [0.15, 0.2) is 30.5 Å². The van der Waals surface area contributed by atoms with Crippen LogP contribution in [0.1, 0.15) is 31.1 Å². The van der Waals surface area contributed by atoms with Crippen molar-refractivity contribution in [2.75, 3.05) is 32.1 Å². The Kier molecular flexibility index (Phi) is 6.02. The first kappa shape index (κ1) is 19.5. The summed E-state index contributed by atoms with van der Waals surface area (Å²) in [6.45, 7) is 6.47. The Labute approximate surface area is 153 Å². The van der Waals surface area contributed by atoms with Crippen molar-refractivity contribution in [1.29, 1.82) is 0 Å². The van der Waals surface area contributed by atoms with Crippen molar-refractivity contribution < 1.29 is 19.1 Å². The van der Waals surface area contributed by atoms with Crippen LogP contribution in [0.4, 0.5) is 10.5 Å². The third-order valence-corrected chi connectivity index (χ3v) is 3.69. The third-order valence-electron chi connectivity index (χ3n) is 3.69. The van der Waals surface area contributed by atoms with Gasteiger partial charge < -0.3 is 19.7 Å². The van der Waals surface area contributed by atoms with Crippen molar-refractivity contribution in [2.24, 2.45) is 0 Å². The number of esters is 1. The lowest BCUT2D eigenvalue weighted by Crippen LogP contribution is -2.37. The molecule has 2 aromatic rings. The molecule has 0 spiro atoms. The van der Waals surface area contributed by atoms with Crippen LogP contribution in [0.25, 0.3) is 10.9 Å². The topological polar surface area (TPSA) is 80.8 Å². The summed E-state index contributed by atoms with van der Waals surface area (Å²) in [7, 11) is 3.26. The van der Waals surface area contributed by atoms with Gasteiger partial charge >= 0.3 is 12.1 Å². The lowest BCUT2D eigenvalue weighted by molar-refractivity contribution is 0.0528. The van der Waals surface area contributed by atoms with Gasteiger partial charge in [0.1, 0.15) is 5.60 Å². The first-order valence-electron chi connectivity index (χ1n) is 8.36. The number of nitrogens with one attached hydrogen (secondary N) is 1. The van der Waals surface area contributed by atoms with E-state index in [-0.39, 0.29) is 0 Å². The fourth-order valence-corrected chi connectivity index (χ4v) is 2.43. The molecular formula is C19H25N3O4. The molecule has 7 nitrogen and oxygen atoms in total. The van der Waals surface area contributed by atoms with Gasteiger partial charge in [0.05, 0.1) is 18.2 Å². The van der Waals surface area contributed by atoms with Gasteiger partial charge in [-0.1, -0.05) is 0 Å². The maximum Gasteiger partial charge on any atom is 0.407 e. The van der Waals surface area contributed by atoms with Crippen molar-refractivity contribution in [1.82, 2.24) is 10.3 Å². The van der Waals surface area contributed by atoms with Crippen LogP contribution in [0.5, 0.6) is 0 Å². The first-order valence-corrected chi connectivity index (χ1v) is 8.36. The number of ether oxygens (including phenoxy) is 2. The van der Waals surface area contributed by atoms with Gasteiger partial charge in [0.25, 0.3) is 0 Å². The SMILES string of the molecule is COC(=O)c1ccnc2ccc(N(C)CCNC(=O)OC(C)(C)C)cc12. The van der Waals surface area contributed by atoms with Gasteiger partial charge in [-0.2, -0.15) is 0 Å². The van der Waals surface area contributed by atoms with Crippen LogP contribution in [0.2, 0.25) is 0 Å². The molecule has 0 fully saturated rings. The molecule has 1 heterocycles. The minimum Gasteiger partial charge on any atom is -0.465 e. The Morgan fingerprint density at radius 2 is 1.96 bits per heavy atom. The lowest BCUT2D eigenvalue weighted by atomic mass is 10.1. The molecule has 1 aromatic carbocycles. The number of fused-ring (bicyclic) bond motifs is 1. The van der Waals surface area contributed by atoms with Gasteiger partial charge in [-0.25, -0.2) is 9.59 Å². The Morgan fingerprint density at radius 3 is 2.62 bits per heavy atom. The number of aromatic nitrogens is 1. The predicted molar refractivity (Wildman–Crippen MR) is 101 cm³/mol. The maximum absolute atomic E-state index is 11.9. The Morgan fingerprint density at radius 1 is 1.23 bits per heavy atom. The Balaban J connectivity index is 2.07. The highest BCUT2D eigenvalue weighted by molar-refractivity contribution is 6.04. The number of alkyl carbamates (subject to hydrolysis) is 1. The summed E-state index contributed by atoms with van der Waals surface area (Å²) in [5.41, 5.74) is 1.57. The molecule has 0 saturated carbocycles. The highest BCUT2D eigenvalue weighted by Gasteiger charge is 2.16. The van der Waals surface area contributed by atoms with Gasteiger partial charge in [-0.3, -0.25) is 4.98 Å². The summed E-state index contributed by atoms with van der Waals surface area (Å²) in [5.74, 6) is -0.399. The molecule has 26 heavy (non-hydrogen) atoms. The lowest BCUT2D eigenvalue weighted by Gasteiger charge is -2.22. The first-order chi connectivity index (χ1) is 12.2. The summed E-state index contributed by atoms with van der Waals surface area (Å²) in [6, 6.07) is 7.31. The number of likely N-dealkylation sites (N-methyl/N-ethyl adjacent to an activating group) is 1. The molecule has 0 bridgehead atoms. The number of carbonyl (C=O) groups is 2. The van der Waals surface area contributed by atoms with E-state index in [1.165, 1.54) is 7.11 Å². The summed E-state index contributed by atoms with van der Waals surface area (Å²) in [6.07, 6.45) is 1.14. The van der Waals surface area contributed by atoms with E-state index in [1.54, 1.807) is 12.3 Å². The van der Waals surface area contributed by atoms with E-state index in [4.69, 9.17) is 9.47 Å². The molecular weight excluding hydrogens is 334 g/mol. The zero-order valence-electron chi connectivity index (χ0n) is 15.8. The monoisotopic (exact) mass is 359 g/mol. The van der Waals surface area contributed by atoms with E-state index in [2.05, 4.69) is 10.3 Å². The highest BCUT2D eigenvalue weighted by atomic mass is 16.6. The van der Waals surface area contributed by atoms with E-state index in [0.29, 0.717) is 18.7 Å². The standard InChI is InChI=1S/C19H25N3O4/c1-19(2,3)26-18(24)21-10-11-22(4)13-6-7-16-15(12-13)14(8-9-20-16)17(23)25-5/h6-9,12H,10-11H2,1-5H3,(H,21,24). The maximum atomic E-state index is 11.9. The molecule has 2 rings (SSSR count). The number of hydrogen-bond donors (Lipinski definition) is 1. The van der Waals surface area contributed by atoms with E-state index in [0.717, 1.165) is 16.6 Å². The van der Waals surface area contributed by atoms with E-state index in [9.17, 15) is 9.59 Å². The van der Waals surface area contributed by atoms with E-state index in [1.807, 2.05) is 50.9 Å². The Bertz CT molecular complexity index is 799. The van der Waals surface area contributed by atoms with Crippen LogP contribution < -0.4 is 10.2 Å². The number of methoxy groups -OCH3 is 1. The second-order valence-electron chi connectivity index (χ2n) is 6.90. The third kappa shape index (κ3) is 5.08. The fraction of sp³-hybridized carbons (Fsp3) is 0.421.